The fraction of sp³-hybridized carbons (Fsp3) is 0.462. The van der Waals surface area contributed by atoms with Crippen molar-refractivity contribution in [1.82, 2.24) is 4.31 Å². The van der Waals surface area contributed by atoms with Crippen molar-refractivity contribution in [2.45, 2.75) is 12.2 Å². The zero-order valence-corrected chi connectivity index (χ0v) is 12.4. The van der Waals surface area contributed by atoms with E-state index in [0.717, 1.165) is 5.69 Å². The first-order valence-corrected chi connectivity index (χ1v) is 8.05. The van der Waals surface area contributed by atoms with Crippen molar-refractivity contribution in [3.05, 3.63) is 30.1 Å². The molecule has 0 aromatic heterocycles. The molecule has 0 aliphatic carbocycles. The molecule has 0 spiro atoms. The van der Waals surface area contributed by atoms with Gasteiger partial charge in [-0.15, -0.1) is 0 Å². The van der Waals surface area contributed by atoms with Gasteiger partial charge < -0.3 is 10.0 Å². The van der Waals surface area contributed by atoms with E-state index in [0.29, 0.717) is 13.1 Å². The third-order valence-electron chi connectivity index (χ3n) is 3.58. The average molecular weight is 316 g/mol. The van der Waals surface area contributed by atoms with Gasteiger partial charge in [0.15, 0.2) is 5.25 Å². The van der Waals surface area contributed by atoms with Gasteiger partial charge in [-0.1, -0.05) is 0 Å². The molecule has 1 aromatic carbocycles. The Morgan fingerprint density at radius 2 is 1.71 bits per heavy atom. The van der Waals surface area contributed by atoms with Crippen LogP contribution >= 0.6 is 0 Å². The lowest BCUT2D eigenvalue weighted by atomic mass is 10.2. The second kappa shape index (κ2) is 5.98. The van der Waals surface area contributed by atoms with Crippen LogP contribution in [0.3, 0.4) is 0 Å². The molecule has 1 N–H and O–H groups in total. The van der Waals surface area contributed by atoms with E-state index in [2.05, 4.69) is 0 Å². The molecule has 8 heteroatoms. The summed E-state index contributed by atoms with van der Waals surface area (Å²) in [4.78, 5) is 12.8. The maximum atomic E-state index is 12.9. The molecule has 1 heterocycles. The minimum Gasteiger partial charge on any atom is -0.480 e. The Morgan fingerprint density at radius 1 is 1.19 bits per heavy atom. The van der Waals surface area contributed by atoms with E-state index in [1.54, 1.807) is 12.1 Å². The first-order chi connectivity index (χ1) is 9.82. The standard InChI is InChI=1S/C13H17FN2O4S/c1-10(13(17)18)21(19,20)16-8-6-15(7-9-16)12-4-2-11(14)3-5-12/h2-5,10H,6-9H2,1H3,(H,17,18). The molecule has 6 nitrogen and oxygen atoms in total. The van der Waals surface area contributed by atoms with Crippen LogP contribution in [0.2, 0.25) is 0 Å². The lowest BCUT2D eigenvalue weighted by Gasteiger charge is -2.36. The van der Waals surface area contributed by atoms with Gasteiger partial charge in [0.2, 0.25) is 10.0 Å². The third kappa shape index (κ3) is 3.33. The summed E-state index contributed by atoms with van der Waals surface area (Å²) in [5, 5.41) is 7.40. The van der Waals surface area contributed by atoms with Crippen molar-refractivity contribution in [3.63, 3.8) is 0 Å². The normalized spacial score (nSPS) is 18.5. The van der Waals surface area contributed by atoms with Crippen LogP contribution in [0.4, 0.5) is 10.1 Å². The molecule has 1 aliphatic heterocycles. The van der Waals surface area contributed by atoms with E-state index in [1.807, 2.05) is 4.90 Å². The number of nitrogens with zero attached hydrogens (tertiary/aromatic N) is 2. The molecule has 0 radical (unpaired) electrons. The van der Waals surface area contributed by atoms with Crippen molar-refractivity contribution in [3.8, 4) is 0 Å². The van der Waals surface area contributed by atoms with Crippen LogP contribution in [-0.2, 0) is 14.8 Å². The molecule has 116 valence electrons. The minimum atomic E-state index is -3.83. The van der Waals surface area contributed by atoms with Crippen molar-refractivity contribution < 1.29 is 22.7 Å². The number of aliphatic carboxylic acids is 1. The first kappa shape index (κ1) is 15.7. The maximum absolute atomic E-state index is 12.9. The van der Waals surface area contributed by atoms with Gasteiger partial charge in [-0.05, 0) is 31.2 Å². The van der Waals surface area contributed by atoms with Crippen molar-refractivity contribution >= 4 is 21.7 Å². The van der Waals surface area contributed by atoms with E-state index in [1.165, 1.54) is 23.4 Å². The predicted molar refractivity (Wildman–Crippen MR) is 76.2 cm³/mol. The Morgan fingerprint density at radius 3 is 2.19 bits per heavy atom. The van der Waals surface area contributed by atoms with Gasteiger partial charge in [0, 0.05) is 31.9 Å². The molecule has 1 fully saturated rings. The molecule has 1 atom stereocenters. The van der Waals surface area contributed by atoms with E-state index in [4.69, 9.17) is 5.11 Å². The van der Waals surface area contributed by atoms with Gasteiger partial charge in [0.25, 0.3) is 0 Å². The molecule has 1 aromatic rings. The minimum absolute atomic E-state index is 0.220. The monoisotopic (exact) mass is 316 g/mol. The summed E-state index contributed by atoms with van der Waals surface area (Å²) < 4.78 is 38.3. The quantitative estimate of drug-likeness (QED) is 0.887. The number of anilines is 1. The molecule has 1 aliphatic rings. The summed E-state index contributed by atoms with van der Waals surface area (Å²) >= 11 is 0. The Bertz CT molecular complexity index is 610. The second-order valence-electron chi connectivity index (χ2n) is 4.89. The highest BCUT2D eigenvalue weighted by atomic mass is 32.2. The Kier molecular flexibility index (Phi) is 4.48. The lowest BCUT2D eigenvalue weighted by molar-refractivity contribution is -0.136. The number of piperazine rings is 1. The molecule has 2 rings (SSSR count). The van der Waals surface area contributed by atoms with Crippen LogP contribution in [0.5, 0.6) is 0 Å². The van der Waals surface area contributed by atoms with Gasteiger partial charge in [-0.25, -0.2) is 12.8 Å². The van der Waals surface area contributed by atoms with Crippen molar-refractivity contribution in [2.75, 3.05) is 31.1 Å². The van der Waals surface area contributed by atoms with Crippen LogP contribution in [0.15, 0.2) is 24.3 Å². The number of benzene rings is 1. The Hall–Kier alpha value is -1.67. The maximum Gasteiger partial charge on any atom is 0.323 e. The Labute approximate surface area is 122 Å². The van der Waals surface area contributed by atoms with E-state index in [-0.39, 0.29) is 18.9 Å². The van der Waals surface area contributed by atoms with E-state index < -0.39 is 21.2 Å². The number of sulfonamides is 1. The van der Waals surface area contributed by atoms with Gasteiger partial charge in [-0.3, -0.25) is 4.79 Å². The fourth-order valence-electron chi connectivity index (χ4n) is 2.20. The van der Waals surface area contributed by atoms with Crippen LogP contribution in [-0.4, -0.2) is 55.2 Å². The van der Waals surface area contributed by atoms with Crippen LogP contribution in [0.25, 0.3) is 0 Å². The summed E-state index contributed by atoms with van der Waals surface area (Å²) in [5.74, 6) is -1.67. The molecule has 0 saturated carbocycles. The molecule has 1 unspecified atom stereocenters. The summed E-state index contributed by atoms with van der Waals surface area (Å²) in [6.07, 6.45) is 0. The van der Waals surface area contributed by atoms with Crippen LogP contribution in [0.1, 0.15) is 6.92 Å². The molecule has 0 bridgehead atoms. The summed E-state index contributed by atoms with van der Waals surface area (Å²) in [7, 11) is -3.83. The van der Waals surface area contributed by atoms with Crippen LogP contribution < -0.4 is 4.90 Å². The number of carbonyl (C=O) groups is 1. The fourth-order valence-corrected chi connectivity index (χ4v) is 3.58. The molecular weight excluding hydrogens is 299 g/mol. The number of carboxylic acids is 1. The van der Waals surface area contributed by atoms with E-state index in [9.17, 15) is 17.6 Å². The number of rotatable bonds is 4. The summed E-state index contributed by atoms with van der Waals surface area (Å²) in [6.45, 7) is 2.49. The SMILES string of the molecule is CC(C(=O)O)S(=O)(=O)N1CCN(c2ccc(F)cc2)CC1. The Balaban J connectivity index is 2.03. The van der Waals surface area contributed by atoms with Gasteiger partial charge >= 0.3 is 5.97 Å². The largest absolute Gasteiger partial charge is 0.480 e. The lowest BCUT2D eigenvalue weighted by Crippen LogP contribution is -2.51. The highest BCUT2D eigenvalue weighted by molar-refractivity contribution is 7.90. The van der Waals surface area contributed by atoms with Crippen molar-refractivity contribution in [2.24, 2.45) is 0 Å². The highest BCUT2D eigenvalue weighted by Gasteiger charge is 2.35. The van der Waals surface area contributed by atoms with Gasteiger partial charge in [-0.2, -0.15) is 4.31 Å². The molecule has 0 amide bonds. The molecule has 1 saturated heterocycles. The molecule has 21 heavy (non-hydrogen) atoms. The molecular formula is C13H17FN2O4S. The smallest absolute Gasteiger partial charge is 0.323 e. The predicted octanol–water partition coefficient (Wildman–Crippen LogP) is 0.751. The van der Waals surface area contributed by atoms with E-state index >= 15 is 0 Å². The second-order valence-corrected chi connectivity index (χ2v) is 7.14. The topological polar surface area (TPSA) is 77.9 Å². The first-order valence-electron chi connectivity index (χ1n) is 6.54. The average Bonchev–Trinajstić information content (AvgIpc) is 2.47. The number of halogens is 1. The van der Waals surface area contributed by atoms with Crippen LogP contribution in [0, 0.1) is 5.82 Å². The highest BCUT2D eigenvalue weighted by Crippen LogP contribution is 2.19. The number of carboxylic acid groups (broad SMARTS) is 1. The third-order valence-corrected chi connectivity index (χ3v) is 5.76. The summed E-state index contributed by atoms with van der Waals surface area (Å²) in [5.41, 5.74) is 0.819. The number of hydrogen-bond donors (Lipinski definition) is 1. The van der Waals surface area contributed by atoms with Gasteiger partial charge in [0.1, 0.15) is 5.82 Å². The zero-order valence-electron chi connectivity index (χ0n) is 11.6. The summed E-state index contributed by atoms with van der Waals surface area (Å²) in [6, 6.07) is 5.98. The zero-order chi connectivity index (χ0) is 15.6. The van der Waals surface area contributed by atoms with Gasteiger partial charge in [0.05, 0.1) is 0 Å². The number of hydrogen-bond acceptors (Lipinski definition) is 4. The van der Waals surface area contributed by atoms with Crippen molar-refractivity contribution in [1.29, 1.82) is 0 Å².